The maximum Gasteiger partial charge on any atom is 0.221 e. The molecule has 0 aliphatic rings. The number of oxazole rings is 2. The van der Waals surface area contributed by atoms with Crippen molar-refractivity contribution in [3.8, 4) is 11.4 Å². The lowest BCUT2D eigenvalue weighted by Gasteiger charge is -1.97. The Morgan fingerprint density at radius 2 is 1.78 bits per heavy atom. The van der Waals surface area contributed by atoms with Crippen molar-refractivity contribution >= 4 is 22.5 Å². The Bertz CT molecular complexity index is 851. The lowest BCUT2D eigenvalue weighted by molar-refractivity contribution is 0.600. The van der Waals surface area contributed by atoms with Crippen LogP contribution in [0, 0.1) is 0 Å². The van der Waals surface area contributed by atoms with Gasteiger partial charge in [-0.15, -0.1) is 5.10 Å². The van der Waals surface area contributed by atoms with Crippen molar-refractivity contribution in [1.82, 2.24) is 30.1 Å². The molecular weight excluding hydrogens is 236 g/mol. The van der Waals surface area contributed by atoms with Crippen molar-refractivity contribution in [1.29, 1.82) is 0 Å². The molecule has 18 heavy (non-hydrogen) atoms. The summed E-state index contributed by atoms with van der Waals surface area (Å²) in [5.74, 6) is 0.438. The maximum absolute atomic E-state index is 5.26. The first-order chi connectivity index (χ1) is 8.92. The maximum atomic E-state index is 5.26. The van der Waals surface area contributed by atoms with E-state index in [1.165, 1.54) is 19.0 Å². The van der Waals surface area contributed by atoms with Crippen LogP contribution in [-0.2, 0) is 0 Å². The zero-order valence-corrected chi connectivity index (χ0v) is 8.81. The largest absolute Gasteiger partial charge is 0.441 e. The molecule has 4 aromatic rings. The number of nitrogens with zero attached hydrogens (tertiary/aromatic N) is 6. The summed E-state index contributed by atoms with van der Waals surface area (Å²) in [5.41, 5.74) is 2.52. The zero-order valence-electron chi connectivity index (χ0n) is 8.81. The van der Waals surface area contributed by atoms with Gasteiger partial charge in [0.1, 0.15) is 0 Å². The quantitative estimate of drug-likeness (QED) is 0.489. The minimum atomic E-state index is 0.413. The smallest absolute Gasteiger partial charge is 0.221 e. The molecule has 0 radical (unpaired) electrons. The molecule has 0 bridgehead atoms. The molecule has 0 unspecified atom stereocenters. The van der Waals surface area contributed by atoms with Crippen LogP contribution in [0.2, 0.25) is 0 Å². The van der Waals surface area contributed by atoms with Crippen molar-refractivity contribution in [2.45, 2.75) is 0 Å². The van der Waals surface area contributed by atoms with Gasteiger partial charge in [0.05, 0.1) is 18.0 Å². The summed E-state index contributed by atoms with van der Waals surface area (Å²) < 4.78 is 10.3. The molecule has 0 amide bonds. The van der Waals surface area contributed by atoms with E-state index in [1.807, 2.05) is 0 Å². The summed E-state index contributed by atoms with van der Waals surface area (Å²) in [6.07, 6.45) is 5.69. The van der Waals surface area contributed by atoms with E-state index in [0.717, 1.165) is 0 Å². The Labute approximate surface area is 98.7 Å². The Kier molecular flexibility index (Phi) is 1.68. The summed E-state index contributed by atoms with van der Waals surface area (Å²) >= 11 is 0. The lowest BCUT2D eigenvalue weighted by atomic mass is 10.2. The lowest BCUT2D eigenvalue weighted by Crippen LogP contribution is -1.92. The highest BCUT2D eigenvalue weighted by molar-refractivity contribution is 5.85. The van der Waals surface area contributed by atoms with E-state index in [0.29, 0.717) is 33.8 Å². The molecule has 4 aromatic heterocycles. The summed E-state index contributed by atoms with van der Waals surface area (Å²) in [4.78, 5) is 16.3. The molecule has 0 saturated carbocycles. The molecule has 4 heterocycles. The van der Waals surface area contributed by atoms with Gasteiger partial charge < -0.3 is 8.83 Å². The standard InChI is InChI=1S/C10H4N6O2/c1-5(7-10(16-14-1)13-4-18-7)8-11-2-6-9(15-8)12-3-17-6/h1-4H. The van der Waals surface area contributed by atoms with Gasteiger partial charge in [-0.05, 0) is 0 Å². The second-order valence-corrected chi connectivity index (χ2v) is 3.50. The summed E-state index contributed by atoms with van der Waals surface area (Å²) in [6.45, 7) is 0. The highest BCUT2D eigenvalue weighted by atomic mass is 16.3. The molecule has 0 spiro atoms. The van der Waals surface area contributed by atoms with Crippen LogP contribution in [0.3, 0.4) is 0 Å². The second-order valence-electron chi connectivity index (χ2n) is 3.50. The van der Waals surface area contributed by atoms with Crippen molar-refractivity contribution in [2.24, 2.45) is 0 Å². The molecule has 8 nitrogen and oxygen atoms in total. The molecule has 0 atom stereocenters. The molecule has 86 valence electrons. The van der Waals surface area contributed by atoms with Crippen molar-refractivity contribution < 1.29 is 8.83 Å². The molecule has 0 aliphatic carbocycles. The van der Waals surface area contributed by atoms with Crippen LogP contribution in [0.25, 0.3) is 33.8 Å². The molecule has 8 heteroatoms. The zero-order chi connectivity index (χ0) is 11.9. The van der Waals surface area contributed by atoms with Crippen LogP contribution in [0.1, 0.15) is 0 Å². The fraction of sp³-hybridized carbons (Fsp3) is 0. The SMILES string of the molecule is c1nc2nc(-c3cnnc4ncoc34)ncc2o1. The van der Waals surface area contributed by atoms with E-state index in [4.69, 9.17) is 8.83 Å². The van der Waals surface area contributed by atoms with E-state index in [2.05, 4.69) is 30.1 Å². The first kappa shape index (κ1) is 9.16. The van der Waals surface area contributed by atoms with Crippen molar-refractivity contribution in [3.63, 3.8) is 0 Å². The van der Waals surface area contributed by atoms with Crippen molar-refractivity contribution in [2.75, 3.05) is 0 Å². The average molecular weight is 240 g/mol. The molecule has 0 fully saturated rings. The van der Waals surface area contributed by atoms with Gasteiger partial charge in [0, 0.05) is 0 Å². The fourth-order valence-corrected chi connectivity index (χ4v) is 1.65. The van der Waals surface area contributed by atoms with Crippen LogP contribution in [0.4, 0.5) is 0 Å². The first-order valence-corrected chi connectivity index (χ1v) is 5.03. The molecule has 0 aromatic carbocycles. The predicted molar refractivity (Wildman–Crippen MR) is 58.2 cm³/mol. The van der Waals surface area contributed by atoms with Gasteiger partial charge in [-0.2, -0.15) is 15.1 Å². The highest BCUT2D eigenvalue weighted by Gasteiger charge is 2.13. The number of hydrogen-bond donors (Lipinski definition) is 0. The van der Waals surface area contributed by atoms with Crippen LogP contribution < -0.4 is 0 Å². The van der Waals surface area contributed by atoms with Gasteiger partial charge in [0.2, 0.25) is 11.3 Å². The predicted octanol–water partition coefficient (Wildman–Crippen LogP) is 1.22. The van der Waals surface area contributed by atoms with Crippen LogP contribution in [0.15, 0.2) is 34.0 Å². The summed E-state index contributed by atoms with van der Waals surface area (Å²) in [6, 6.07) is 0. The molecule has 4 rings (SSSR count). The number of rotatable bonds is 1. The number of aromatic nitrogens is 6. The third kappa shape index (κ3) is 1.19. The first-order valence-electron chi connectivity index (χ1n) is 5.03. The van der Waals surface area contributed by atoms with Crippen LogP contribution in [0.5, 0.6) is 0 Å². The Morgan fingerprint density at radius 3 is 2.78 bits per heavy atom. The van der Waals surface area contributed by atoms with Gasteiger partial charge in [-0.3, -0.25) is 0 Å². The number of fused-ring (bicyclic) bond motifs is 2. The normalized spacial score (nSPS) is 11.3. The highest BCUT2D eigenvalue weighted by Crippen LogP contribution is 2.23. The molecule has 0 saturated heterocycles. The average Bonchev–Trinajstić information content (AvgIpc) is 3.05. The minimum absolute atomic E-state index is 0.413. The monoisotopic (exact) mass is 240 g/mol. The van der Waals surface area contributed by atoms with E-state index in [-0.39, 0.29) is 0 Å². The third-order valence-corrected chi connectivity index (χ3v) is 2.46. The molecule has 0 N–H and O–H groups in total. The van der Waals surface area contributed by atoms with Crippen molar-refractivity contribution in [3.05, 3.63) is 25.2 Å². The number of hydrogen-bond acceptors (Lipinski definition) is 8. The summed E-state index contributed by atoms with van der Waals surface area (Å²) in [5, 5.41) is 7.67. The summed E-state index contributed by atoms with van der Waals surface area (Å²) in [7, 11) is 0. The Balaban J connectivity index is 2.03. The van der Waals surface area contributed by atoms with E-state index in [9.17, 15) is 0 Å². The van der Waals surface area contributed by atoms with Gasteiger partial charge in [0.15, 0.2) is 29.8 Å². The Morgan fingerprint density at radius 1 is 0.889 bits per heavy atom. The fourth-order valence-electron chi connectivity index (χ4n) is 1.65. The van der Waals surface area contributed by atoms with Gasteiger partial charge in [-0.25, -0.2) is 9.97 Å². The van der Waals surface area contributed by atoms with E-state index in [1.54, 1.807) is 6.20 Å². The van der Waals surface area contributed by atoms with Crippen LogP contribution >= 0.6 is 0 Å². The molecular formula is C10H4N6O2. The Hall–Kier alpha value is -2.90. The van der Waals surface area contributed by atoms with Gasteiger partial charge in [-0.1, -0.05) is 0 Å². The van der Waals surface area contributed by atoms with Crippen LogP contribution in [-0.4, -0.2) is 30.1 Å². The van der Waals surface area contributed by atoms with Gasteiger partial charge in [0.25, 0.3) is 0 Å². The van der Waals surface area contributed by atoms with Gasteiger partial charge >= 0.3 is 0 Å². The van der Waals surface area contributed by atoms with E-state index < -0.39 is 0 Å². The second kappa shape index (κ2) is 3.29. The third-order valence-electron chi connectivity index (χ3n) is 2.46. The minimum Gasteiger partial charge on any atom is -0.441 e. The topological polar surface area (TPSA) is 104 Å². The molecule has 0 aliphatic heterocycles. The van der Waals surface area contributed by atoms with E-state index >= 15 is 0 Å².